The van der Waals surface area contributed by atoms with Gasteiger partial charge >= 0.3 is 17.9 Å². The normalized spacial score (nSPS) is 27.5. The quantitative estimate of drug-likeness (QED) is 0.329. The highest BCUT2D eigenvalue weighted by atomic mass is 16.6. The second kappa shape index (κ2) is 7.29. The van der Waals surface area contributed by atoms with Gasteiger partial charge in [-0.1, -0.05) is 36.4 Å². The van der Waals surface area contributed by atoms with Crippen LogP contribution in [0.4, 0.5) is 0 Å². The van der Waals surface area contributed by atoms with Gasteiger partial charge in [-0.05, 0) is 18.6 Å². The zero-order chi connectivity index (χ0) is 18.7. The van der Waals surface area contributed by atoms with Crippen LogP contribution in [0.25, 0.3) is 0 Å². The van der Waals surface area contributed by atoms with Gasteiger partial charge in [0.15, 0.2) is 6.10 Å². The van der Waals surface area contributed by atoms with Crippen molar-refractivity contribution >= 4 is 17.9 Å². The zero-order valence-electron chi connectivity index (χ0n) is 14.5. The average molecular weight is 360 g/mol. The second-order valence-electron chi connectivity index (χ2n) is 6.26. The fraction of sp³-hybridized carbons (Fsp3) is 0.421. The van der Waals surface area contributed by atoms with Crippen molar-refractivity contribution in [3.8, 4) is 0 Å². The number of ether oxygens (including phenoxy) is 4. The summed E-state index contributed by atoms with van der Waals surface area (Å²) < 4.78 is 20.9. The molecule has 0 radical (unpaired) electrons. The van der Waals surface area contributed by atoms with Crippen LogP contribution in [0.1, 0.15) is 18.9 Å². The van der Waals surface area contributed by atoms with E-state index >= 15 is 0 Å². The third-order valence-electron chi connectivity index (χ3n) is 4.57. The summed E-state index contributed by atoms with van der Waals surface area (Å²) in [5, 5.41) is 0. The Hall–Kier alpha value is -2.67. The molecule has 0 spiro atoms. The summed E-state index contributed by atoms with van der Waals surface area (Å²) in [5.41, 5.74) is -0.802. The van der Waals surface area contributed by atoms with Crippen LogP contribution in [0, 0.1) is 5.41 Å². The molecule has 1 saturated heterocycles. The summed E-state index contributed by atoms with van der Waals surface area (Å²) in [6.45, 7) is 1.62. The molecule has 3 aliphatic rings. The summed E-state index contributed by atoms with van der Waals surface area (Å²) in [6.07, 6.45) is 1.14. The molecule has 1 fully saturated rings. The summed E-state index contributed by atoms with van der Waals surface area (Å²) in [5.74, 6) is -2.32. The molecule has 26 heavy (non-hydrogen) atoms. The summed E-state index contributed by atoms with van der Waals surface area (Å²) in [7, 11) is 1.19. The number of hydrogen-bond acceptors (Lipinski definition) is 7. The smallest absolute Gasteiger partial charge is 0.346 e. The minimum Gasteiger partial charge on any atom is -0.466 e. The molecule has 7 heteroatoms. The SMILES string of the molecule is COC(=O)[C@H](C)OC(=O)[C@]12C=C[C@H](C[C@@H]1OCc1ccccc1)OC2=O. The monoisotopic (exact) mass is 360 g/mol. The number of esters is 3. The van der Waals surface area contributed by atoms with Crippen LogP contribution in [-0.2, 0) is 39.9 Å². The number of rotatable bonds is 6. The third kappa shape index (κ3) is 3.22. The maximum absolute atomic E-state index is 12.8. The summed E-state index contributed by atoms with van der Waals surface area (Å²) in [6, 6.07) is 9.42. The molecule has 0 aromatic heterocycles. The molecule has 2 aliphatic heterocycles. The molecule has 4 atom stereocenters. The van der Waals surface area contributed by atoms with Crippen molar-refractivity contribution in [1.82, 2.24) is 0 Å². The van der Waals surface area contributed by atoms with Gasteiger partial charge in [0, 0.05) is 6.42 Å². The minimum absolute atomic E-state index is 0.237. The van der Waals surface area contributed by atoms with Crippen molar-refractivity contribution in [2.75, 3.05) is 7.11 Å². The highest BCUT2D eigenvalue weighted by molar-refractivity contribution is 6.05. The minimum atomic E-state index is -1.72. The number of methoxy groups -OCH3 is 1. The number of carbonyl (C=O) groups excluding carboxylic acids is 3. The summed E-state index contributed by atoms with van der Waals surface area (Å²) in [4.78, 5) is 36.8. The van der Waals surface area contributed by atoms with Gasteiger partial charge in [-0.2, -0.15) is 0 Å². The van der Waals surface area contributed by atoms with Gasteiger partial charge < -0.3 is 18.9 Å². The van der Waals surface area contributed by atoms with E-state index in [1.165, 1.54) is 20.1 Å². The molecule has 2 bridgehead atoms. The van der Waals surface area contributed by atoms with Crippen molar-refractivity contribution in [3.63, 3.8) is 0 Å². The first kappa shape index (κ1) is 18.1. The van der Waals surface area contributed by atoms with Crippen molar-refractivity contribution in [2.45, 2.75) is 38.3 Å². The van der Waals surface area contributed by atoms with Gasteiger partial charge in [0.1, 0.15) is 6.10 Å². The van der Waals surface area contributed by atoms with E-state index in [0.29, 0.717) is 6.42 Å². The lowest BCUT2D eigenvalue weighted by Gasteiger charge is -2.43. The van der Waals surface area contributed by atoms with E-state index < -0.39 is 41.6 Å². The Kier molecular flexibility index (Phi) is 5.08. The van der Waals surface area contributed by atoms with E-state index in [2.05, 4.69) is 4.74 Å². The Morgan fingerprint density at radius 1 is 1.31 bits per heavy atom. The fourth-order valence-electron chi connectivity index (χ4n) is 3.09. The molecule has 1 aromatic rings. The van der Waals surface area contributed by atoms with Gasteiger partial charge in [-0.15, -0.1) is 0 Å². The zero-order valence-corrected chi connectivity index (χ0v) is 14.5. The lowest BCUT2D eigenvalue weighted by atomic mass is 9.73. The predicted octanol–water partition coefficient (Wildman–Crippen LogP) is 1.55. The summed E-state index contributed by atoms with van der Waals surface area (Å²) >= 11 is 0. The number of hydrogen-bond donors (Lipinski definition) is 0. The Morgan fingerprint density at radius 2 is 2.04 bits per heavy atom. The van der Waals surface area contributed by atoms with Crippen LogP contribution in [0.3, 0.4) is 0 Å². The van der Waals surface area contributed by atoms with E-state index in [4.69, 9.17) is 14.2 Å². The standard InChI is InChI=1S/C19H20O7/c1-12(16(20)23-2)25-17(21)19-9-8-14(26-18(19)22)10-15(19)24-11-13-6-4-3-5-7-13/h3-9,12,14-15H,10-11H2,1-2H3/t12-,14+,15-,19-/m0/s1. The maximum Gasteiger partial charge on any atom is 0.346 e. The van der Waals surface area contributed by atoms with E-state index in [9.17, 15) is 14.4 Å². The highest BCUT2D eigenvalue weighted by Gasteiger charge is 2.60. The van der Waals surface area contributed by atoms with Gasteiger partial charge in [0.05, 0.1) is 19.8 Å². The van der Waals surface area contributed by atoms with Crippen molar-refractivity contribution in [3.05, 3.63) is 48.0 Å². The first-order valence-corrected chi connectivity index (χ1v) is 8.32. The molecule has 0 unspecified atom stereocenters. The largest absolute Gasteiger partial charge is 0.466 e. The van der Waals surface area contributed by atoms with Gasteiger partial charge in [-0.3, -0.25) is 9.59 Å². The highest BCUT2D eigenvalue weighted by Crippen LogP contribution is 2.43. The lowest BCUT2D eigenvalue weighted by Crippen LogP contribution is -2.59. The Labute approximate surface area is 150 Å². The Bertz CT molecular complexity index is 727. The molecule has 2 heterocycles. The molecule has 1 aromatic carbocycles. The Morgan fingerprint density at radius 3 is 2.69 bits per heavy atom. The molecule has 0 saturated carbocycles. The van der Waals surface area contributed by atoms with E-state index in [1.807, 2.05) is 30.3 Å². The van der Waals surface area contributed by atoms with Crippen LogP contribution in [0.5, 0.6) is 0 Å². The van der Waals surface area contributed by atoms with E-state index in [1.54, 1.807) is 6.08 Å². The van der Waals surface area contributed by atoms with Gasteiger partial charge in [0.25, 0.3) is 0 Å². The lowest BCUT2D eigenvalue weighted by molar-refractivity contribution is -0.201. The molecule has 1 aliphatic carbocycles. The molecular weight excluding hydrogens is 340 g/mol. The predicted molar refractivity (Wildman–Crippen MR) is 88.7 cm³/mol. The second-order valence-corrected chi connectivity index (χ2v) is 6.26. The van der Waals surface area contributed by atoms with Crippen molar-refractivity contribution in [2.24, 2.45) is 5.41 Å². The number of fused-ring (bicyclic) bond motifs is 2. The number of benzene rings is 1. The number of carbonyl (C=O) groups is 3. The maximum atomic E-state index is 12.8. The molecule has 7 nitrogen and oxygen atoms in total. The first-order valence-electron chi connectivity index (χ1n) is 8.32. The first-order chi connectivity index (χ1) is 12.5. The van der Waals surface area contributed by atoms with Crippen molar-refractivity contribution < 1.29 is 33.3 Å². The molecule has 138 valence electrons. The van der Waals surface area contributed by atoms with E-state index in [0.717, 1.165) is 5.56 Å². The van der Waals surface area contributed by atoms with Crippen LogP contribution < -0.4 is 0 Å². The molecule has 0 N–H and O–H groups in total. The molecular formula is C19H20O7. The topological polar surface area (TPSA) is 88.1 Å². The molecule has 4 rings (SSSR count). The fourth-order valence-corrected chi connectivity index (χ4v) is 3.09. The van der Waals surface area contributed by atoms with Crippen LogP contribution in [0.15, 0.2) is 42.5 Å². The third-order valence-corrected chi connectivity index (χ3v) is 4.57. The average Bonchev–Trinajstić information content (AvgIpc) is 2.66. The van der Waals surface area contributed by atoms with Crippen molar-refractivity contribution in [1.29, 1.82) is 0 Å². The molecule has 0 amide bonds. The van der Waals surface area contributed by atoms with Crippen LogP contribution >= 0.6 is 0 Å². The Balaban J connectivity index is 1.80. The van der Waals surface area contributed by atoms with Gasteiger partial charge in [-0.25, -0.2) is 4.79 Å². The van der Waals surface area contributed by atoms with Gasteiger partial charge in [0.2, 0.25) is 5.41 Å². The van der Waals surface area contributed by atoms with Crippen LogP contribution in [-0.4, -0.2) is 43.3 Å². The van der Waals surface area contributed by atoms with E-state index in [-0.39, 0.29) is 6.61 Å². The van der Waals surface area contributed by atoms with Crippen LogP contribution in [0.2, 0.25) is 0 Å².